The number of rotatable bonds is 4. The topological polar surface area (TPSA) is 81.8 Å². The zero-order chi connectivity index (χ0) is 23.0. The number of halogens is 3. The van der Waals surface area contributed by atoms with E-state index in [0.717, 1.165) is 32.5 Å². The van der Waals surface area contributed by atoms with E-state index in [-0.39, 0.29) is 23.3 Å². The summed E-state index contributed by atoms with van der Waals surface area (Å²) in [5.41, 5.74) is 1.57. The highest BCUT2D eigenvalue weighted by Gasteiger charge is 2.30. The van der Waals surface area contributed by atoms with E-state index in [9.17, 15) is 22.8 Å². The van der Waals surface area contributed by atoms with Crippen LogP contribution in [0.15, 0.2) is 59.8 Å². The molecular weight excluding hydrogens is 423 g/mol. The summed E-state index contributed by atoms with van der Waals surface area (Å²) >= 11 is 0. The minimum Gasteiger partial charge on any atom is -0.325 e. The van der Waals surface area contributed by atoms with Gasteiger partial charge in [0.25, 0.3) is 5.56 Å². The van der Waals surface area contributed by atoms with Crippen LogP contribution in [-0.4, -0.2) is 25.2 Å². The first-order valence-corrected chi connectivity index (χ1v) is 9.61. The van der Waals surface area contributed by atoms with Crippen LogP contribution in [0.5, 0.6) is 0 Å². The number of benzene rings is 2. The Morgan fingerprint density at radius 3 is 2.59 bits per heavy atom. The van der Waals surface area contributed by atoms with Gasteiger partial charge in [0, 0.05) is 5.69 Å². The first-order chi connectivity index (χ1) is 15.1. The molecule has 32 heavy (non-hydrogen) atoms. The van der Waals surface area contributed by atoms with Crippen LogP contribution < -0.4 is 10.9 Å². The smallest absolute Gasteiger partial charge is 0.325 e. The first-order valence-electron chi connectivity index (χ1n) is 9.61. The quantitative estimate of drug-likeness (QED) is 0.522. The molecule has 4 rings (SSSR count). The molecule has 164 valence electrons. The van der Waals surface area contributed by atoms with Crippen LogP contribution in [0, 0.1) is 13.8 Å². The maximum absolute atomic E-state index is 13.0. The van der Waals surface area contributed by atoms with E-state index in [1.54, 1.807) is 6.07 Å². The van der Waals surface area contributed by atoms with Gasteiger partial charge in [-0.15, -0.1) is 0 Å². The lowest BCUT2D eigenvalue weighted by Gasteiger charge is -2.10. The van der Waals surface area contributed by atoms with Gasteiger partial charge in [-0.1, -0.05) is 12.1 Å². The normalized spacial score (nSPS) is 11.7. The van der Waals surface area contributed by atoms with Gasteiger partial charge < -0.3 is 5.32 Å². The number of nitrogens with one attached hydrogen (secondary N) is 1. The Labute approximate surface area is 180 Å². The summed E-state index contributed by atoms with van der Waals surface area (Å²) in [5.74, 6) is -0.415. The highest BCUT2D eigenvalue weighted by atomic mass is 19.4. The SMILES string of the molecule is Cc1ccc(NC(=O)Cn2cnc3c(cnn3-c3cccc(C(F)(F)F)c3)c2=O)cc1C. The fraction of sp³-hybridized carbons (Fsp3) is 0.182. The third-order valence-electron chi connectivity index (χ3n) is 5.08. The van der Waals surface area contributed by atoms with Crippen molar-refractivity contribution in [2.45, 2.75) is 26.6 Å². The Balaban J connectivity index is 1.61. The van der Waals surface area contributed by atoms with Gasteiger partial charge in [0.2, 0.25) is 5.91 Å². The lowest BCUT2D eigenvalue weighted by molar-refractivity contribution is -0.137. The van der Waals surface area contributed by atoms with Crippen LogP contribution in [0.25, 0.3) is 16.7 Å². The molecule has 2 heterocycles. The van der Waals surface area contributed by atoms with Gasteiger partial charge in [-0.3, -0.25) is 14.2 Å². The predicted octanol–water partition coefficient (Wildman–Crippen LogP) is 3.86. The number of carbonyl (C=O) groups excluding carboxylic acids is 1. The molecule has 0 radical (unpaired) electrons. The highest BCUT2D eigenvalue weighted by Crippen LogP contribution is 2.30. The van der Waals surface area contributed by atoms with Crippen LogP contribution in [0.4, 0.5) is 18.9 Å². The molecule has 0 aliphatic rings. The Hall–Kier alpha value is -3.95. The average molecular weight is 441 g/mol. The monoisotopic (exact) mass is 441 g/mol. The van der Waals surface area contributed by atoms with E-state index in [1.165, 1.54) is 24.7 Å². The second-order valence-corrected chi connectivity index (χ2v) is 7.37. The molecule has 0 saturated carbocycles. The highest BCUT2D eigenvalue weighted by molar-refractivity contribution is 5.90. The van der Waals surface area contributed by atoms with E-state index >= 15 is 0 Å². The van der Waals surface area contributed by atoms with Crippen molar-refractivity contribution < 1.29 is 18.0 Å². The third-order valence-corrected chi connectivity index (χ3v) is 5.08. The van der Waals surface area contributed by atoms with Crippen LogP contribution in [0.1, 0.15) is 16.7 Å². The van der Waals surface area contributed by atoms with Crippen molar-refractivity contribution in [1.29, 1.82) is 0 Å². The molecule has 10 heteroatoms. The molecule has 2 aromatic carbocycles. The lowest BCUT2D eigenvalue weighted by Crippen LogP contribution is -2.27. The van der Waals surface area contributed by atoms with Crippen molar-refractivity contribution in [3.8, 4) is 5.69 Å². The van der Waals surface area contributed by atoms with E-state index in [1.807, 2.05) is 26.0 Å². The molecular formula is C22H18F3N5O2. The van der Waals surface area contributed by atoms with Gasteiger partial charge >= 0.3 is 6.18 Å². The van der Waals surface area contributed by atoms with Crippen LogP contribution in [0.3, 0.4) is 0 Å². The largest absolute Gasteiger partial charge is 0.416 e. The van der Waals surface area contributed by atoms with E-state index in [2.05, 4.69) is 15.4 Å². The van der Waals surface area contributed by atoms with Crippen molar-refractivity contribution in [3.05, 3.63) is 82.0 Å². The second kappa shape index (κ2) is 7.95. The van der Waals surface area contributed by atoms with Gasteiger partial charge in [-0.05, 0) is 55.3 Å². The van der Waals surface area contributed by atoms with Crippen LogP contribution in [-0.2, 0) is 17.5 Å². The lowest BCUT2D eigenvalue weighted by atomic mass is 10.1. The zero-order valence-electron chi connectivity index (χ0n) is 17.1. The molecule has 0 bridgehead atoms. The molecule has 0 unspecified atom stereocenters. The molecule has 0 spiro atoms. The van der Waals surface area contributed by atoms with Crippen molar-refractivity contribution >= 4 is 22.6 Å². The van der Waals surface area contributed by atoms with E-state index < -0.39 is 23.2 Å². The van der Waals surface area contributed by atoms with Gasteiger partial charge in [-0.25, -0.2) is 9.67 Å². The molecule has 0 saturated heterocycles. The number of alkyl halides is 3. The number of aryl methyl sites for hydroxylation is 2. The molecule has 0 aliphatic carbocycles. The molecule has 7 nitrogen and oxygen atoms in total. The third kappa shape index (κ3) is 4.11. The number of fused-ring (bicyclic) bond motifs is 1. The Kier molecular flexibility index (Phi) is 5.29. The number of amides is 1. The summed E-state index contributed by atoms with van der Waals surface area (Å²) in [6.45, 7) is 3.61. The number of nitrogens with zero attached hydrogens (tertiary/aromatic N) is 4. The first kappa shape index (κ1) is 21.3. The standard InChI is InChI=1S/C22H18F3N5O2/c1-13-6-7-16(8-14(13)2)28-19(31)11-29-12-26-20-18(21(29)32)10-27-30(20)17-5-3-4-15(9-17)22(23,24)25/h3-10,12H,11H2,1-2H3,(H,28,31). The van der Waals surface area contributed by atoms with Gasteiger partial charge in [-0.2, -0.15) is 18.3 Å². The second-order valence-electron chi connectivity index (χ2n) is 7.37. The summed E-state index contributed by atoms with van der Waals surface area (Å²) in [6, 6.07) is 10.0. The number of carbonyl (C=O) groups is 1. The van der Waals surface area contributed by atoms with Gasteiger partial charge in [0.1, 0.15) is 18.3 Å². The molecule has 0 aliphatic heterocycles. The number of anilines is 1. The van der Waals surface area contributed by atoms with E-state index in [0.29, 0.717) is 5.69 Å². The predicted molar refractivity (Wildman–Crippen MR) is 113 cm³/mol. The molecule has 1 N–H and O–H groups in total. The maximum Gasteiger partial charge on any atom is 0.416 e. The van der Waals surface area contributed by atoms with Crippen molar-refractivity contribution in [1.82, 2.24) is 19.3 Å². The van der Waals surface area contributed by atoms with Crippen molar-refractivity contribution in [3.63, 3.8) is 0 Å². The fourth-order valence-electron chi connectivity index (χ4n) is 3.24. The van der Waals surface area contributed by atoms with Crippen LogP contribution in [0.2, 0.25) is 0 Å². The summed E-state index contributed by atoms with van der Waals surface area (Å²) in [7, 11) is 0. The summed E-state index contributed by atoms with van der Waals surface area (Å²) in [5, 5.41) is 6.85. The minimum atomic E-state index is -4.51. The van der Waals surface area contributed by atoms with Crippen LogP contribution >= 0.6 is 0 Å². The number of hydrogen-bond acceptors (Lipinski definition) is 4. The minimum absolute atomic E-state index is 0.0869. The Morgan fingerprint density at radius 1 is 1.09 bits per heavy atom. The average Bonchev–Trinajstić information content (AvgIpc) is 3.17. The summed E-state index contributed by atoms with van der Waals surface area (Å²) in [6.07, 6.45) is -2.11. The molecule has 0 fully saturated rings. The van der Waals surface area contributed by atoms with E-state index in [4.69, 9.17) is 0 Å². The maximum atomic E-state index is 13.0. The molecule has 1 amide bonds. The molecule has 4 aromatic rings. The van der Waals surface area contributed by atoms with Gasteiger partial charge in [0.15, 0.2) is 5.65 Å². The summed E-state index contributed by atoms with van der Waals surface area (Å²) in [4.78, 5) is 29.4. The summed E-state index contributed by atoms with van der Waals surface area (Å²) < 4.78 is 41.4. The molecule has 0 atom stereocenters. The van der Waals surface area contributed by atoms with Gasteiger partial charge in [0.05, 0.1) is 17.4 Å². The van der Waals surface area contributed by atoms with Crippen molar-refractivity contribution in [2.75, 3.05) is 5.32 Å². The van der Waals surface area contributed by atoms with Crippen molar-refractivity contribution in [2.24, 2.45) is 0 Å². The molecule has 2 aromatic heterocycles. The number of aromatic nitrogens is 4. The fourth-order valence-corrected chi connectivity index (χ4v) is 3.24. The Bertz CT molecular complexity index is 1390. The number of hydrogen-bond donors (Lipinski definition) is 1. The Morgan fingerprint density at radius 2 is 1.88 bits per heavy atom. The zero-order valence-corrected chi connectivity index (χ0v) is 17.1.